The fourth-order valence-corrected chi connectivity index (χ4v) is 0.839. The summed E-state index contributed by atoms with van der Waals surface area (Å²) in [5, 5.41) is 15.8. The van der Waals surface area contributed by atoms with Crippen molar-refractivity contribution in [1.29, 1.82) is 0 Å². The summed E-state index contributed by atoms with van der Waals surface area (Å²) in [6.45, 7) is 0. The number of carboxylic acids is 2. The first-order chi connectivity index (χ1) is 9.63. The first-order valence-electron chi connectivity index (χ1n) is 5.76. The van der Waals surface area contributed by atoms with Gasteiger partial charge >= 0.3 is 11.9 Å². The summed E-state index contributed by atoms with van der Waals surface area (Å²) in [6.07, 6.45) is 6.41. The van der Waals surface area contributed by atoms with Gasteiger partial charge < -0.3 is 10.2 Å². The third-order valence-corrected chi connectivity index (χ3v) is 1.69. The Balaban J connectivity index is 0.000000274. The number of aromatic nitrogens is 2. The number of nitrogens with zero attached hydrogens (tertiary/aromatic N) is 2. The third-order valence-electron chi connectivity index (χ3n) is 1.69. The summed E-state index contributed by atoms with van der Waals surface area (Å²) in [4.78, 5) is 26.9. The number of hydrogen-bond donors (Lipinski definition) is 2. The van der Waals surface area contributed by atoms with Crippen LogP contribution in [0, 0.1) is 0 Å². The molecule has 0 amide bonds. The van der Waals surface area contributed by atoms with Gasteiger partial charge in [-0.3, -0.25) is 19.6 Å². The summed E-state index contributed by atoms with van der Waals surface area (Å²) in [6, 6.07) is 11.4. The van der Waals surface area contributed by atoms with Crippen LogP contribution >= 0.6 is 0 Å². The van der Waals surface area contributed by atoms with E-state index < -0.39 is 11.9 Å². The van der Waals surface area contributed by atoms with Gasteiger partial charge in [0.15, 0.2) is 0 Å². The molecular weight excluding hydrogens is 260 g/mol. The van der Waals surface area contributed by atoms with Crippen LogP contribution in [0.4, 0.5) is 0 Å². The van der Waals surface area contributed by atoms with Crippen LogP contribution in [0.1, 0.15) is 12.8 Å². The molecule has 0 fully saturated rings. The Bertz CT molecular complexity index is 364. The third kappa shape index (κ3) is 15.2. The van der Waals surface area contributed by atoms with Gasteiger partial charge in [-0.2, -0.15) is 0 Å². The summed E-state index contributed by atoms with van der Waals surface area (Å²) in [7, 11) is 0. The lowest BCUT2D eigenvalue weighted by atomic mass is 10.3. The maximum absolute atomic E-state index is 9.64. The number of pyridine rings is 2. The van der Waals surface area contributed by atoms with Crippen LogP contribution < -0.4 is 0 Å². The lowest BCUT2D eigenvalue weighted by Crippen LogP contribution is -2.00. The van der Waals surface area contributed by atoms with E-state index in [1.807, 2.05) is 36.4 Å². The van der Waals surface area contributed by atoms with Gasteiger partial charge in [0.05, 0.1) is 12.8 Å². The van der Waals surface area contributed by atoms with E-state index in [0.717, 1.165) is 0 Å². The Morgan fingerprint density at radius 1 is 0.650 bits per heavy atom. The van der Waals surface area contributed by atoms with Crippen molar-refractivity contribution in [2.45, 2.75) is 12.8 Å². The van der Waals surface area contributed by atoms with Gasteiger partial charge in [-0.15, -0.1) is 0 Å². The number of carbonyl (C=O) groups is 2. The topological polar surface area (TPSA) is 100 Å². The first-order valence-corrected chi connectivity index (χ1v) is 5.76. The predicted octanol–water partition coefficient (Wildman–Crippen LogP) is 2.10. The van der Waals surface area contributed by atoms with Crippen molar-refractivity contribution in [3.05, 3.63) is 61.2 Å². The molecule has 2 aromatic heterocycles. The lowest BCUT2D eigenvalue weighted by molar-refractivity contribution is -0.143. The quantitative estimate of drug-likeness (QED) is 0.890. The Hall–Kier alpha value is -2.76. The van der Waals surface area contributed by atoms with Crippen molar-refractivity contribution in [1.82, 2.24) is 9.97 Å². The predicted molar refractivity (Wildman–Crippen MR) is 73.0 cm³/mol. The SMILES string of the molecule is O=C(O)CCC(=O)O.c1ccncc1.c1ccncc1. The van der Waals surface area contributed by atoms with Crippen LogP contribution in [-0.4, -0.2) is 32.1 Å². The van der Waals surface area contributed by atoms with E-state index >= 15 is 0 Å². The molecule has 0 aliphatic heterocycles. The Morgan fingerprint density at radius 2 is 0.950 bits per heavy atom. The molecule has 2 heterocycles. The van der Waals surface area contributed by atoms with E-state index in [1.54, 1.807) is 24.8 Å². The highest BCUT2D eigenvalue weighted by molar-refractivity contribution is 5.75. The molecule has 6 nitrogen and oxygen atoms in total. The summed E-state index contributed by atoms with van der Waals surface area (Å²) in [5.74, 6) is -2.15. The molecule has 0 saturated carbocycles. The highest BCUT2D eigenvalue weighted by Gasteiger charge is 2.00. The van der Waals surface area contributed by atoms with Crippen molar-refractivity contribution in [2.75, 3.05) is 0 Å². The van der Waals surface area contributed by atoms with Crippen LogP contribution in [0.15, 0.2) is 61.2 Å². The van der Waals surface area contributed by atoms with E-state index in [0.29, 0.717) is 0 Å². The fraction of sp³-hybridized carbons (Fsp3) is 0.143. The van der Waals surface area contributed by atoms with Crippen molar-refractivity contribution in [2.24, 2.45) is 0 Å². The second-order valence-electron chi connectivity index (χ2n) is 3.34. The molecule has 0 radical (unpaired) electrons. The summed E-state index contributed by atoms with van der Waals surface area (Å²) < 4.78 is 0. The van der Waals surface area contributed by atoms with Gasteiger partial charge in [-0.25, -0.2) is 0 Å². The zero-order valence-electron chi connectivity index (χ0n) is 10.8. The van der Waals surface area contributed by atoms with Gasteiger partial charge in [-0.05, 0) is 24.3 Å². The fourth-order valence-electron chi connectivity index (χ4n) is 0.839. The number of rotatable bonds is 3. The normalized spacial score (nSPS) is 8.20. The second kappa shape index (κ2) is 12.7. The molecule has 2 rings (SSSR count). The number of carboxylic acid groups (broad SMARTS) is 2. The Kier molecular flexibility index (Phi) is 10.9. The average Bonchev–Trinajstić information content (AvgIpc) is 2.50. The molecular formula is C14H16N2O4. The monoisotopic (exact) mass is 276 g/mol. The molecule has 0 aliphatic rings. The summed E-state index contributed by atoms with van der Waals surface area (Å²) in [5.41, 5.74) is 0. The molecule has 0 aromatic carbocycles. The molecule has 2 N–H and O–H groups in total. The minimum Gasteiger partial charge on any atom is -0.481 e. The zero-order valence-corrected chi connectivity index (χ0v) is 10.8. The van der Waals surface area contributed by atoms with Crippen LogP contribution in [-0.2, 0) is 9.59 Å². The van der Waals surface area contributed by atoms with Gasteiger partial charge in [0.2, 0.25) is 0 Å². The smallest absolute Gasteiger partial charge is 0.303 e. The van der Waals surface area contributed by atoms with E-state index in [9.17, 15) is 9.59 Å². The van der Waals surface area contributed by atoms with Gasteiger partial charge in [0.25, 0.3) is 0 Å². The van der Waals surface area contributed by atoms with Crippen LogP contribution in [0.2, 0.25) is 0 Å². The molecule has 0 spiro atoms. The van der Waals surface area contributed by atoms with E-state index in [4.69, 9.17) is 10.2 Å². The molecule has 0 atom stereocenters. The summed E-state index contributed by atoms with van der Waals surface area (Å²) >= 11 is 0. The maximum Gasteiger partial charge on any atom is 0.303 e. The molecule has 6 heteroatoms. The van der Waals surface area contributed by atoms with Gasteiger partial charge in [0, 0.05) is 24.8 Å². The van der Waals surface area contributed by atoms with Gasteiger partial charge in [-0.1, -0.05) is 12.1 Å². The van der Waals surface area contributed by atoms with Crippen LogP contribution in [0.3, 0.4) is 0 Å². The molecule has 106 valence electrons. The maximum atomic E-state index is 9.64. The Morgan fingerprint density at radius 3 is 1.05 bits per heavy atom. The molecule has 20 heavy (non-hydrogen) atoms. The largest absolute Gasteiger partial charge is 0.481 e. The number of hydrogen-bond acceptors (Lipinski definition) is 4. The molecule has 0 unspecified atom stereocenters. The molecule has 2 aromatic rings. The molecule has 0 saturated heterocycles. The minimum absolute atomic E-state index is 0.296. The highest BCUT2D eigenvalue weighted by Crippen LogP contribution is 1.86. The average molecular weight is 276 g/mol. The molecule has 0 aliphatic carbocycles. The van der Waals surface area contributed by atoms with Crippen LogP contribution in [0.5, 0.6) is 0 Å². The number of aliphatic carboxylic acids is 2. The second-order valence-corrected chi connectivity index (χ2v) is 3.34. The van der Waals surface area contributed by atoms with Crippen molar-refractivity contribution >= 4 is 11.9 Å². The van der Waals surface area contributed by atoms with E-state index in [2.05, 4.69) is 9.97 Å². The minimum atomic E-state index is -1.08. The Labute approximate surface area is 116 Å². The van der Waals surface area contributed by atoms with Crippen molar-refractivity contribution in [3.8, 4) is 0 Å². The van der Waals surface area contributed by atoms with E-state index in [1.165, 1.54) is 0 Å². The van der Waals surface area contributed by atoms with E-state index in [-0.39, 0.29) is 12.8 Å². The zero-order chi connectivity index (χ0) is 15.1. The molecule has 0 bridgehead atoms. The van der Waals surface area contributed by atoms with Crippen LogP contribution in [0.25, 0.3) is 0 Å². The van der Waals surface area contributed by atoms with Crippen molar-refractivity contribution in [3.63, 3.8) is 0 Å². The lowest BCUT2D eigenvalue weighted by Gasteiger charge is -1.85. The highest BCUT2D eigenvalue weighted by atomic mass is 16.4. The first kappa shape index (κ1) is 17.2. The standard InChI is InChI=1S/2C5H5N.C4H6O4/c2*1-2-4-6-5-3-1;5-3(6)1-2-4(7)8/h2*1-5H;1-2H2,(H,5,6)(H,7,8). The van der Waals surface area contributed by atoms with Crippen molar-refractivity contribution < 1.29 is 19.8 Å². The van der Waals surface area contributed by atoms with Gasteiger partial charge in [0.1, 0.15) is 0 Å².